The van der Waals surface area contributed by atoms with Gasteiger partial charge in [-0.15, -0.1) is 0 Å². The number of hydrogen-bond donors (Lipinski definition) is 2. The zero-order valence-corrected chi connectivity index (χ0v) is 12.1. The van der Waals surface area contributed by atoms with Gasteiger partial charge in [-0.2, -0.15) is 5.10 Å². The number of likely N-dealkylation sites (tertiary alicyclic amines) is 1. The first-order chi connectivity index (χ1) is 9.93. The van der Waals surface area contributed by atoms with Gasteiger partial charge in [0.2, 0.25) is 15.9 Å². The van der Waals surface area contributed by atoms with Gasteiger partial charge < -0.3 is 4.90 Å². The highest BCUT2D eigenvalue weighted by molar-refractivity contribution is 7.89. The molecule has 1 atom stereocenters. The molecule has 1 aliphatic heterocycles. The van der Waals surface area contributed by atoms with Gasteiger partial charge in [-0.3, -0.25) is 9.89 Å². The van der Waals surface area contributed by atoms with Crippen molar-refractivity contribution in [1.82, 2.24) is 15.1 Å². The molecule has 7 nitrogen and oxygen atoms in total. The fourth-order valence-corrected chi connectivity index (χ4v) is 3.35. The number of nitrogens with zero attached hydrogens (tertiary/aromatic N) is 2. The molecule has 2 heterocycles. The van der Waals surface area contributed by atoms with Gasteiger partial charge in [-0.25, -0.2) is 13.6 Å². The average Bonchev–Trinajstić information content (AvgIpc) is 3.01. The van der Waals surface area contributed by atoms with E-state index in [0.717, 1.165) is 16.5 Å². The molecule has 3 rings (SSSR count). The molecule has 1 aromatic carbocycles. The number of sulfonamides is 1. The minimum atomic E-state index is -3.65. The quantitative estimate of drug-likeness (QED) is 0.828. The van der Waals surface area contributed by atoms with Crippen molar-refractivity contribution < 1.29 is 13.2 Å². The number of amides is 1. The Balaban J connectivity index is 1.66. The lowest BCUT2D eigenvalue weighted by molar-refractivity contribution is -0.127. The van der Waals surface area contributed by atoms with Crippen LogP contribution in [-0.2, 0) is 21.2 Å². The van der Waals surface area contributed by atoms with E-state index in [1.165, 1.54) is 0 Å². The zero-order valence-electron chi connectivity index (χ0n) is 11.3. The summed E-state index contributed by atoms with van der Waals surface area (Å²) in [7, 11) is -3.65. The van der Waals surface area contributed by atoms with Gasteiger partial charge in [-0.1, -0.05) is 6.07 Å². The van der Waals surface area contributed by atoms with Crippen LogP contribution in [0.1, 0.15) is 12.0 Å². The highest BCUT2D eigenvalue weighted by Gasteiger charge is 2.35. The van der Waals surface area contributed by atoms with Gasteiger partial charge in [0, 0.05) is 24.9 Å². The van der Waals surface area contributed by atoms with E-state index in [1.54, 1.807) is 11.1 Å². The van der Waals surface area contributed by atoms with Gasteiger partial charge >= 0.3 is 0 Å². The van der Waals surface area contributed by atoms with Crippen LogP contribution < -0.4 is 5.14 Å². The molecule has 0 aliphatic carbocycles. The molecule has 112 valence electrons. The van der Waals surface area contributed by atoms with Gasteiger partial charge in [0.15, 0.2) is 0 Å². The maximum Gasteiger partial charge on any atom is 0.224 e. The van der Waals surface area contributed by atoms with Crippen molar-refractivity contribution in [3.05, 3.63) is 30.0 Å². The summed E-state index contributed by atoms with van der Waals surface area (Å²) in [5.41, 5.74) is 2.04. The fraction of sp³-hybridized carbons (Fsp3) is 0.385. The molecule has 8 heteroatoms. The molecule has 0 saturated carbocycles. The second-order valence-electron chi connectivity index (χ2n) is 5.30. The van der Waals surface area contributed by atoms with Crippen LogP contribution in [0.4, 0.5) is 0 Å². The molecule has 1 saturated heterocycles. The van der Waals surface area contributed by atoms with Crippen molar-refractivity contribution in [3.63, 3.8) is 0 Å². The topological polar surface area (TPSA) is 109 Å². The first kappa shape index (κ1) is 14.0. The van der Waals surface area contributed by atoms with E-state index < -0.39 is 15.3 Å². The van der Waals surface area contributed by atoms with Crippen molar-refractivity contribution in [2.24, 2.45) is 5.14 Å². The molecule has 2 aromatic rings. The number of hydrogen-bond acceptors (Lipinski definition) is 4. The Kier molecular flexibility index (Phi) is 3.42. The molecule has 21 heavy (non-hydrogen) atoms. The number of nitrogens with one attached hydrogen (secondary N) is 1. The third-order valence-corrected chi connectivity index (χ3v) is 5.06. The van der Waals surface area contributed by atoms with Crippen molar-refractivity contribution in [2.45, 2.75) is 18.1 Å². The molecule has 0 bridgehead atoms. The third kappa shape index (κ3) is 2.91. The Bertz CT molecular complexity index is 784. The summed E-state index contributed by atoms with van der Waals surface area (Å²) in [6, 6.07) is 5.92. The standard InChI is InChI=1S/C13H16N4O3S/c14-21(19,20)11-6-13(18)17(8-11)4-3-9-1-2-12-10(5-9)7-15-16-12/h1-2,5,7,11H,3-4,6,8H2,(H,15,16)(H2,14,19,20). The van der Waals surface area contributed by atoms with Crippen LogP contribution in [0.5, 0.6) is 0 Å². The second kappa shape index (κ2) is 5.12. The number of nitrogens with two attached hydrogens (primary N) is 1. The van der Waals surface area contributed by atoms with E-state index >= 15 is 0 Å². The zero-order chi connectivity index (χ0) is 15.0. The maximum atomic E-state index is 11.8. The SMILES string of the molecule is NS(=O)(=O)C1CC(=O)N(CCc2ccc3[nH]ncc3c2)C1. The molecule has 1 fully saturated rings. The summed E-state index contributed by atoms with van der Waals surface area (Å²) in [6.07, 6.45) is 2.40. The van der Waals surface area contributed by atoms with Crippen LogP contribution in [0, 0.1) is 0 Å². The Morgan fingerprint density at radius 1 is 1.43 bits per heavy atom. The highest BCUT2D eigenvalue weighted by Crippen LogP contribution is 2.18. The molecule has 1 unspecified atom stereocenters. The van der Waals surface area contributed by atoms with Gasteiger partial charge in [0.1, 0.15) is 5.25 Å². The lowest BCUT2D eigenvalue weighted by Gasteiger charge is -2.16. The summed E-state index contributed by atoms with van der Waals surface area (Å²) in [6.45, 7) is 0.680. The smallest absolute Gasteiger partial charge is 0.224 e. The Morgan fingerprint density at radius 2 is 2.24 bits per heavy atom. The monoisotopic (exact) mass is 308 g/mol. The van der Waals surface area contributed by atoms with Crippen LogP contribution in [0.3, 0.4) is 0 Å². The predicted molar refractivity (Wildman–Crippen MR) is 77.9 cm³/mol. The number of benzene rings is 1. The van der Waals surface area contributed by atoms with Crippen molar-refractivity contribution in [3.8, 4) is 0 Å². The molecule has 0 spiro atoms. The molecule has 0 radical (unpaired) electrons. The van der Waals surface area contributed by atoms with Gasteiger partial charge in [-0.05, 0) is 24.1 Å². The Morgan fingerprint density at radius 3 is 2.95 bits per heavy atom. The van der Waals surface area contributed by atoms with Gasteiger partial charge in [0.25, 0.3) is 0 Å². The first-order valence-electron chi connectivity index (χ1n) is 6.65. The summed E-state index contributed by atoms with van der Waals surface area (Å²) in [5.74, 6) is -0.154. The van der Waals surface area contributed by atoms with Crippen LogP contribution in [-0.4, -0.2) is 47.8 Å². The summed E-state index contributed by atoms with van der Waals surface area (Å²) < 4.78 is 22.6. The minimum Gasteiger partial charge on any atom is -0.341 e. The number of aromatic amines is 1. The van der Waals surface area contributed by atoms with E-state index in [9.17, 15) is 13.2 Å². The van der Waals surface area contributed by atoms with E-state index in [1.807, 2.05) is 18.2 Å². The van der Waals surface area contributed by atoms with Crippen molar-refractivity contribution >= 4 is 26.8 Å². The van der Waals surface area contributed by atoms with Crippen LogP contribution in [0.2, 0.25) is 0 Å². The maximum absolute atomic E-state index is 11.8. The fourth-order valence-electron chi connectivity index (χ4n) is 2.58. The van der Waals surface area contributed by atoms with Crippen molar-refractivity contribution in [2.75, 3.05) is 13.1 Å². The van der Waals surface area contributed by atoms with E-state index in [4.69, 9.17) is 5.14 Å². The van der Waals surface area contributed by atoms with Crippen molar-refractivity contribution in [1.29, 1.82) is 0 Å². The number of H-pyrrole nitrogens is 1. The molecule has 1 amide bonds. The molecular weight excluding hydrogens is 292 g/mol. The first-order valence-corrected chi connectivity index (χ1v) is 8.26. The Hall–Kier alpha value is -1.93. The number of fused-ring (bicyclic) bond motifs is 1. The molecule has 3 N–H and O–H groups in total. The van der Waals surface area contributed by atoms with E-state index in [2.05, 4.69) is 10.2 Å². The second-order valence-corrected chi connectivity index (χ2v) is 7.14. The summed E-state index contributed by atoms with van der Waals surface area (Å²) in [4.78, 5) is 13.4. The molecular formula is C13H16N4O3S. The van der Waals surface area contributed by atoms with E-state index in [-0.39, 0.29) is 18.9 Å². The molecule has 1 aromatic heterocycles. The molecule has 1 aliphatic rings. The number of carbonyl (C=O) groups excluding carboxylic acids is 1. The van der Waals surface area contributed by atoms with Crippen LogP contribution in [0.25, 0.3) is 10.9 Å². The number of primary sulfonamides is 1. The number of rotatable bonds is 4. The normalized spacial score (nSPS) is 19.6. The lowest BCUT2D eigenvalue weighted by atomic mass is 10.1. The lowest BCUT2D eigenvalue weighted by Crippen LogP contribution is -2.33. The summed E-state index contributed by atoms with van der Waals surface area (Å²) >= 11 is 0. The van der Waals surface area contributed by atoms with E-state index in [0.29, 0.717) is 13.0 Å². The number of carbonyl (C=O) groups is 1. The van der Waals surface area contributed by atoms with Gasteiger partial charge in [0.05, 0.1) is 11.7 Å². The highest BCUT2D eigenvalue weighted by atomic mass is 32.2. The average molecular weight is 308 g/mol. The summed E-state index contributed by atoms with van der Waals surface area (Å²) in [5, 5.41) is 12.2. The van der Waals surface area contributed by atoms with Crippen LogP contribution >= 0.6 is 0 Å². The predicted octanol–water partition coefficient (Wildman–Crippen LogP) is -0.00520. The number of aromatic nitrogens is 2. The van der Waals surface area contributed by atoms with Crippen LogP contribution in [0.15, 0.2) is 24.4 Å². The minimum absolute atomic E-state index is 0.0143. The Labute approximate surface area is 122 Å². The third-order valence-electron chi connectivity index (χ3n) is 3.82. The largest absolute Gasteiger partial charge is 0.341 e.